The van der Waals surface area contributed by atoms with Crippen LogP contribution >= 0.6 is 0 Å². The van der Waals surface area contributed by atoms with Gasteiger partial charge in [0.25, 0.3) is 0 Å². The first-order valence-corrected chi connectivity index (χ1v) is 22.3. The zero-order valence-corrected chi connectivity index (χ0v) is 38.0. The minimum absolute atomic E-state index is 0.0601. The largest absolute Gasteiger partial charge is 0.457 e. The second-order valence-corrected chi connectivity index (χ2v) is 19.1. The Bertz CT molecular complexity index is 3500. The lowest BCUT2D eigenvalue weighted by Gasteiger charge is -2.22. The van der Waals surface area contributed by atoms with E-state index in [2.05, 4.69) is 168 Å². The van der Waals surface area contributed by atoms with E-state index in [-0.39, 0.29) is 10.8 Å². The number of pyridine rings is 1. The molecule has 3 aromatic heterocycles. The van der Waals surface area contributed by atoms with Crippen molar-refractivity contribution in [2.75, 3.05) is 0 Å². The summed E-state index contributed by atoms with van der Waals surface area (Å²) in [6.45, 7) is 12.7. The van der Waals surface area contributed by atoms with Gasteiger partial charge < -0.3 is 4.74 Å². The van der Waals surface area contributed by atoms with Gasteiger partial charge in [-0.25, -0.2) is 9.67 Å². The Balaban J connectivity index is 1.09. The predicted octanol–water partition coefficient (Wildman–Crippen LogP) is 16.0. The Morgan fingerprint density at radius 1 is 0.523 bits per heavy atom. The molecule has 320 valence electrons. The predicted molar refractivity (Wildman–Crippen MR) is 271 cm³/mol. The van der Waals surface area contributed by atoms with Crippen LogP contribution in [-0.4, -0.2) is 19.3 Å². The van der Waals surface area contributed by atoms with Crippen molar-refractivity contribution >= 4 is 21.8 Å². The summed E-state index contributed by atoms with van der Waals surface area (Å²) < 4.78 is 36.8. The zero-order valence-electron chi connectivity index (χ0n) is 41.0. The summed E-state index contributed by atoms with van der Waals surface area (Å²) in [6, 6.07) is 56.3. The number of hydrogen-bond acceptors (Lipinski definition) is 3. The molecule has 0 fully saturated rings. The highest BCUT2D eigenvalue weighted by molar-refractivity contribution is 6.09. The Labute approximate surface area is 386 Å². The summed E-state index contributed by atoms with van der Waals surface area (Å²) in [5, 5.41) is 7.01. The molecule has 0 atom stereocenters. The summed E-state index contributed by atoms with van der Waals surface area (Å²) in [5.74, 6) is 1.97. The standard InChI is InChI=1S/C60H54N4O/c1-39-30-47(60(6,7)8)31-40(2)58(39)43-28-29-61-57(34-43)64-55-21-15-14-20-53(55)54-27-26-49(36-56(54)64)65-50-33-44(52-19-13-12-18-51(52)42-16-10-9-11-17-42)32-48(35-50)63-38-45(37-62-63)41-22-24-46(25-23-41)59(3,4)5/h9-38H,1-8H3/i1D3. The Morgan fingerprint density at radius 3 is 1.97 bits per heavy atom. The van der Waals surface area contributed by atoms with E-state index in [1.165, 1.54) is 5.56 Å². The van der Waals surface area contributed by atoms with Gasteiger partial charge in [0.05, 0.1) is 22.9 Å². The highest BCUT2D eigenvalue weighted by Gasteiger charge is 2.20. The van der Waals surface area contributed by atoms with Crippen molar-refractivity contribution in [1.82, 2.24) is 19.3 Å². The maximum Gasteiger partial charge on any atom is 0.138 e. The Kier molecular flexibility index (Phi) is 9.50. The number of hydrogen-bond donors (Lipinski definition) is 0. The molecule has 10 aromatic rings. The van der Waals surface area contributed by atoms with Gasteiger partial charge in [-0.05, 0) is 128 Å². The van der Waals surface area contributed by atoms with Crippen LogP contribution in [0, 0.1) is 13.8 Å². The molecule has 0 saturated carbocycles. The SMILES string of the molecule is [2H]C([2H])([2H])c1cc(C(C)(C)C)cc(C)c1-c1ccnc(-n2c3ccccc3c3ccc(Oc4cc(-c5ccccc5-c5ccccc5)cc(-n5cc(-c6ccc(C(C)(C)C)cc6)cn5)c4)cc32)c1. The Hall–Kier alpha value is -7.50. The fraction of sp³-hybridized carbons (Fsp3) is 0.167. The molecule has 0 spiro atoms. The van der Waals surface area contributed by atoms with E-state index >= 15 is 0 Å². The average Bonchev–Trinajstić information content (AvgIpc) is 3.94. The van der Waals surface area contributed by atoms with Crippen molar-refractivity contribution in [3.8, 4) is 67.5 Å². The third-order valence-electron chi connectivity index (χ3n) is 12.5. The summed E-state index contributed by atoms with van der Waals surface area (Å²) in [5.41, 5.74) is 14.0. The van der Waals surface area contributed by atoms with Crippen molar-refractivity contribution in [1.29, 1.82) is 0 Å². The number of benzene rings is 7. The normalized spacial score (nSPS) is 12.9. The first kappa shape index (κ1) is 38.0. The third-order valence-corrected chi connectivity index (χ3v) is 12.5. The molecule has 5 heteroatoms. The number of fused-ring (bicyclic) bond motifs is 3. The molecule has 0 unspecified atom stereocenters. The van der Waals surface area contributed by atoms with Crippen molar-refractivity contribution in [2.24, 2.45) is 0 Å². The van der Waals surface area contributed by atoms with Gasteiger partial charge in [0.15, 0.2) is 0 Å². The third kappa shape index (κ3) is 8.04. The van der Waals surface area contributed by atoms with Crippen molar-refractivity contribution < 1.29 is 8.85 Å². The zero-order chi connectivity index (χ0) is 47.5. The van der Waals surface area contributed by atoms with Crippen LogP contribution in [0.2, 0.25) is 0 Å². The van der Waals surface area contributed by atoms with Crippen molar-refractivity contribution in [3.63, 3.8) is 0 Å². The van der Waals surface area contributed by atoms with E-state index in [4.69, 9.17) is 18.9 Å². The van der Waals surface area contributed by atoms with Crippen molar-refractivity contribution in [3.05, 3.63) is 205 Å². The monoisotopic (exact) mass is 849 g/mol. The lowest BCUT2D eigenvalue weighted by atomic mass is 9.83. The van der Waals surface area contributed by atoms with E-state index in [1.54, 1.807) is 6.20 Å². The quantitative estimate of drug-likeness (QED) is 0.153. The first-order chi connectivity index (χ1) is 32.5. The van der Waals surface area contributed by atoms with E-state index in [1.807, 2.05) is 66.3 Å². The summed E-state index contributed by atoms with van der Waals surface area (Å²) >= 11 is 0. The second kappa shape index (κ2) is 16.2. The highest BCUT2D eigenvalue weighted by Crippen LogP contribution is 2.40. The lowest BCUT2D eigenvalue weighted by Crippen LogP contribution is -2.12. The molecular weight excluding hydrogens is 793 g/mol. The van der Waals surface area contributed by atoms with Gasteiger partial charge in [-0.2, -0.15) is 5.10 Å². The molecule has 5 nitrogen and oxygen atoms in total. The van der Waals surface area contributed by atoms with E-state index < -0.39 is 6.85 Å². The number of nitrogens with zero attached hydrogens (tertiary/aromatic N) is 4. The molecule has 0 amide bonds. The number of aryl methyl sites for hydroxylation is 2. The number of rotatable bonds is 8. The van der Waals surface area contributed by atoms with Gasteiger partial charge >= 0.3 is 0 Å². The molecule has 0 N–H and O–H groups in total. The number of aromatic nitrogens is 4. The topological polar surface area (TPSA) is 44.9 Å². The van der Waals surface area contributed by atoms with Gasteiger partial charge in [-0.15, -0.1) is 0 Å². The van der Waals surface area contributed by atoms with Crippen molar-refractivity contribution in [2.45, 2.75) is 66.1 Å². The van der Waals surface area contributed by atoms with E-state index in [0.29, 0.717) is 28.4 Å². The molecule has 3 heterocycles. The van der Waals surface area contributed by atoms with Crippen LogP contribution in [0.4, 0.5) is 0 Å². The van der Waals surface area contributed by atoms with Gasteiger partial charge in [0, 0.05) is 45.0 Å². The van der Waals surface area contributed by atoms with Crippen LogP contribution in [0.3, 0.4) is 0 Å². The molecule has 0 radical (unpaired) electrons. The van der Waals surface area contributed by atoms with Crippen LogP contribution in [0.25, 0.3) is 77.8 Å². The second-order valence-electron chi connectivity index (χ2n) is 19.1. The molecule has 65 heavy (non-hydrogen) atoms. The maximum absolute atomic E-state index is 8.61. The molecule has 0 aliphatic heterocycles. The summed E-state index contributed by atoms with van der Waals surface area (Å²) in [6.07, 6.45) is 5.76. The van der Waals surface area contributed by atoms with E-state index in [9.17, 15) is 0 Å². The number of ether oxygens (including phenoxy) is 1. The van der Waals surface area contributed by atoms with E-state index in [0.717, 1.165) is 77.6 Å². The molecular formula is C60H54N4O. The smallest absolute Gasteiger partial charge is 0.138 e. The Morgan fingerprint density at radius 2 is 1.22 bits per heavy atom. The molecule has 7 aromatic carbocycles. The fourth-order valence-corrected chi connectivity index (χ4v) is 9.01. The van der Waals surface area contributed by atoms with Gasteiger partial charge in [0.2, 0.25) is 0 Å². The maximum atomic E-state index is 8.61. The first-order valence-electron chi connectivity index (χ1n) is 23.8. The highest BCUT2D eigenvalue weighted by atomic mass is 16.5. The van der Waals surface area contributed by atoms with Crippen LogP contribution in [0.1, 0.15) is 67.9 Å². The molecule has 0 bridgehead atoms. The molecule has 0 aliphatic rings. The summed E-state index contributed by atoms with van der Waals surface area (Å²) in [4.78, 5) is 4.93. The van der Waals surface area contributed by atoms with Gasteiger partial charge in [0.1, 0.15) is 17.3 Å². The minimum Gasteiger partial charge on any atom is -0.457 e. The minimum atomic E-state index is -2.32. The van der Waals surface area contributed by atoms with Crippen LogP contribution in [0.5, 0.6) is 11.5 Å². The van der Waals surface area contributed by atoms with Crippen LogP contribution < -0.4 is 4.74 Å². The number of para-hydroxylation sites is 1. The fourth-order valence-electron chi connectivity index (χ4n) is 9.01. The molecule has 0 saturated heterocycles. The van der Waals surface area contributed by atoms with Gasteiger partial charge in [-0.3, -0.25) is 4.57 Å². The summed E-state index contributed by atoms with van der Waals surface area (Å²) in [7, 11) is 0. The molecule has 0 aliphatic carbocycles. The van der Waals surface area contributed by atoms with Crippen LogP contribution in [-0.2, 0) is 10.8 Å². The van der Waals surface area contributed by atoms with Gasteiger partial charge in [-0.1, -0.05) is 151 Å². The average molecular weight is 850 g/mol. The molecule has 10 rings (SSSR count). The lowest BCUT2D eigenvalue weighted by molar-refractivity contribution is 0.483. The van der Waals surface area contributed by atoms with Crippen LogP contribution in [0.15, 0.2) is 182 Å².